The molecule has 1 fully saturated rings. The summed E-state index contributed by atoms with van der Waals surface area (Å²) in [5, 5.41) is 23.0. The molecule has 0 saturated carbocycles. The van der Waals surface area contributed by atoms with Crippen molar-refractivity contribution in [2.45, 2.75) is 29.7 Å². The molecule has 7 rings (SSSR count). The lowest BCUT2D eigenvalue weighted by molar-refractivity contribution is -0.132. The summed E-state index contributed by atoms with van der Waals surface area (Å²) >= 11 is 2.74. The molecule has 244 valence electrons. The molecule has 1 N–H and O–H groups in total. The maximum atomic E-state index is 13.8. The number of benzene rings is 5. The average molecular weight is 686 g/mol. The zero-order valence-electron chi connectivity index (χ0n) is 26.5. The van der Waals surface area contributed by atoms with Gasteiger partial charge in [0.25, 0.3) is 5.78 Å². The summed E-state index contributed by atoms with van der Waals surface area (Å²) in [6.07, 6.45) is 0. The van der Waals surface area contributed by atoms with Gasteiger partial charge in [0.1, 0.15) is 23.9 Å². The Bertz CT molecular complexity index is 2160. The summed E-state index contributed by atoms with van der Waals surface area (Å²) < 4.78 is 12.3. The third-order valence-corrected chi connectivity index (χ3v) is 10.2. The van der Waals surface area contributed by atoms with Gasteiger partial charge in [0.15, 0.2) is 4.34 Å². The highest BCUT2D eigenvalue weighted by molar-refractivity contribution is 8.00. The molecule has 0 radical (unpaired) electrons. The molecule has 0 aliphatic carbocycles. The van der Waals surface area contributed by atoms with Gasteiger partial charge in [-0.1, -0.05) is 108 Å². The van der Waals surface area contributed by atoms with Gasteiger partial charge in [0.05, 0.1) is 18.2 Å². The van der Waals surface area contributed by atoms with Crippen molar-refractivity contribution in [2.24, 2.45) is 0 Å². The number of hydrogen-bond acceptors (Lipinski definition) is 9. The monoisotopic (exact) mass is 685 g/mol. The molecule has 1 atom stereocenters. The van der Waals surface area contributed by atoms with Gasteiger partial charge in [-0.25, -0.2) is 0 Å². The molecule has 0 bridgehead atoms. The van der Waals surface area contributed by atoms with Gasteiger partial charge in [-0.2, -0.15) is 0 Å². The van der Waals surface area contributed by atoms with E-state index in [1.54, 1.807) is 36.4 Å². The van der Waals surface area contributed by atoms with Crippen LogP contribution in [0.15, 0.2) is 131 Å². The Kier molecular flexibility index (Phi) is 9.40. The third kappa shape index (κ3) is 6.78. The normalized spacial score (nSPS) is 15.5. The number of rotatable bonds is 11. The van der Waals surface area contributed by atoms with Crippen molar-refractivity contribution in [3.05, 3.63) is 149 Å². The summed E-state index contributed by atoms with van der Waals surface area (Å²) in [6, 6.07) is 37.2. The second-order valence-electron chi connectivity index (χ2n) is 11.3. The van der Waals surface area contributed by atoms with Crippen molar-refractivity contribution >= 4 is 56.5 Å². The highest BCUT2D eigenvalue weighted by Crippen LogP contribution is 2.45. The van der Waals surface area contributed by atoms with Gasteiger partial charge < -0.3 is 14.6 Å². The van der Waals surface area contributed by atoms with Gasteiger partial charge in [-0.05, 0) is 70.8 Å². The van der Waals surface area contributed by atoms with Crippen LogP contribution in [0.25, 0.3) is 16.5 Å². The van der Waals surface area contributed by atoms with E-state index in [0.29, 0.717) is 45.9 Å². The smallest absolute Gasteiger partial charge is 0.301 e. The zero-order chi connectivity index (χ0) is 33.7. The molecular formula is C39H31N3O5S2. The standard InChI is InChI=1S/C39H31N3O5S2/c1-2-46-30-20-18-27(19-21-30)35(43)33-34(28-14-9-16-31(22-28)47-23-25-10-4-3-5-11-25)42(37(45)36(33)44)38-40-41-39(49-38)48-24-29-15-8-13-26-12-6-7-17-32(26)29/h3-22,34,43H,2,23-24H2,1H3/b35-33+. The van der Waals surface area contributed by atoms with Crippen molar-refractivity contribution in [3.8, 4) is 11.5 Å². The zero-order valence-corrected chi connectivity index (χ0v) is 28.1. The fourth-order valence-electron chi connectivity index (χ4n) is 5.81. The Morgan fingerprint density at radius 3 is 2.41 bits per heavy atom. The van der Waals surface area contributed by atoms with E-state index in [4.69, 9.17) is 9.47 Å². The number of amides is 1. The van der Waals surface area contributed by atoms with Gasteiger partial charge >= 0.3 is 5.91 Å². The molecule has 2 heterocycles. The average Bonchev–Trinajstić information content (AvgIpc) is 3.72. The fourth-order valence-corrected chi connectivity index (χ4v) is 7.68. The van der Waals surface area contributed by atoms with E-state index in [1.807, 2.05) is 67.6 Å². The second kappa shape index (κ2) is 14.3. The number of hydrogen-bond donors (Lipinski definition) is 1. The van der Waals surface area contributed by atoms with E-state index >= 15 is 0 Å². The highest BCUT2D eigenvalue weighted by Gasteiger charge is 2.48. The fraction of sp³-hybridized carbons (Fsp3) is 0.128. The summed E-state index contributed by atoms with van der Waals surface area (Å²) in [4.78, 5) is 28.9. The van der Waals surface area contributed by atoms with Crippen molar-refractivity contribution in [1.82, 2.24) is 10.2 Å². The predicted octanol–water partition coefficient (Wildman–Crippen LogP) is 8.59. The van der Waals surface area contributed by atoms with E-state index in [-0.39, 0.29) is 16.5 Å². The lowest BCUT2D eigenvalue weighted by Gasteiger charge is -2.23. The molecule has 49 heavy (non-hydrogen) atoms. The quantitative estimate of drug-likeness (QED) is 0.0476. The maximum Gasteiger partial charge on any atom is 0.301 e. The van der Waals surface area contributed by atoms with Crippen LogP contribution in [0.1, 0.15) is 35.2 Å². The molecular weight excluding hydrogens is 655 g/mol. The number of aliphatic hydroxyl groups excluding tert-OH is 1. The molecule has 5 aromatic carbocycles. The topological polar surface area (TPSA) is 102 Å². The molecule has 1 aromatic heterocycles. The van der Waals surface area contributed by atoms with Crippen molar-refractivity contribution < 1.29 is 24.2 Å². The molecule has 0 spiro atoms. The Morgan fingerprint density at radius 2 is 1.59 bits per heavy atom. The molecule has 10 heteroatoms. The van der Waals surface area contributed by atoms with Crippen molar-refractivity contribution in [1.29, 1.82) is 0 Å². The predicted molar refractivity (Wildman–Crippen MR) is 193 cm³/mol. The number of ether oxygens (including phenoxy) is 2. The summed E-state index contributed by atoms with van der Waals surface area (Å²) in [6.45, 7) is 2.71. The Morgan fingerprint density at radius 1 is 0.837 bits per heavy atom. The van der Waals surface area contributed by atoms with Crippen LogP contribution in [0.2, 0.25) is 0 Å². The van der Waals surface area contributed by atoms with Crippen LogP contribution in [0.5, 0.6) is 11.5 Å². The molecule has 8 nitrogen and oxygen atoms in total. The third-order valence-electron chi connectivity index (χ3n) is 8.14. The van der Waals surface area contributed by atoms with E-state index in [1.165, 1.54) is 28.0 Å². The number of aromatic nitrogens is 2. The maximum absolute atomic E-state index is 13.8. The van der Waals surface area contributed by atoms with E-state index in [0.717, 1.165) is 21.9 Å². The lowest BCUT2D eigenvalue weighted by atomic mass is 9.95. The van der Waals surface area contributed by atoms with Crippen molar-refractivity contribution in [2.75, 3.05) is 11.5 Å². The number of aliphatic hydroxyl groups is 1. The second-order valence-corrected chi connectivity index (χ2v) is 13.4. The van der Waals surface area contributed by atoms with Crippen LogP contribution in [-0.4, -0.2) is 33.6 Å². The van der Waals surface area contributed by atoms with Gasteiger partial charge in [-0.15, -0.1) is 10.2 Å². The first-order chi connectivity index (χ1) is 24.0. The number of thioether (sulfide) groups is 1. The van der Waals surface area contributed by atoms with Crippen molar-refractivity contribution in [3.63, 3.8) is 0 Å². The van der Waals surface area contributed by atoms with Gasteiger partial charge in [-0.3, -0.25) is 14.5 Å². The first-order valence-corrected chi connectivity index (χ1v) is 17.5. The minimum atomic E-state index is -0.976. The summed E-state index contributed by atoms with van der Waals surface area (Å²) in [7, 11) is 0. The Hall–Kier alpha value is -5.45. The van der Waals surface area contributed by atoms with Gasteiger partial charge in [0.2, 0.25) is 5.13 Å². The Labute approximate surface area is 291 Å². The number of nitrogens with zero attached hydrogens (tertiary/aromatic N) is 3. The minimum absolute atomic E-state index is 0.0467. The molecule has 6 aromatic rings. The minimum Gasteiger partial charge on any atom is -0.507 e. The largest absolute Gasteiger partial charge is 0.507 e. The highest BCUT2D eigenvalue weighted by atomic mass is 32.2. The molecule has 1 aliphatic heterocycles. The van der Waals surface area contributed by atoms with Gasteiger partial charge in [0, 0.05) is 11.3 Å². The summed E-state index contributed by atoms with van der Waals surface area (Å²) in [5.41, 5.74) is 3.07. The van der Waals surface area contributed by atoms with E-state index < -0.39 is 17.7 Å². The van der Waals surface area contributed by atoms with Crippen LogP contribution in [-0.2, 0) is 21.9 Å². The first-order valence-electron chi connectivity index (χ1n) is 15.7. The first kappa shape index (κ1) is 32.1. The van der Waals surface area contributed by atoms with Crippen LogP contribution < -0.4 is 14.4 Å². The lowest BCUT2D eigenvalue weighted by Crippen LogP contribution is -2.29. The van der Waals surface area contributed by atoms with Crippen LogP contribution in [0.4, 0.5) is 5.13 Å². The summed E-state index contributed by atoms with van der Waals surface area (Å²) in [5.74, 6) is -0.0728. The number of ketones is 1. The van der Waals surface area contributed by atoms with Crippen LogP contribution in [0, 0.1) is 0 Å². The number of carbonyl (C=O) groups is 2. The van der Waals surface area contributed by atoms with E-state index in [2.05, 4.69) is 34.5 Å². The molecule has 1 saturated heterocycles. The molecule has 1 amide bonds. The number of anilines is 1. The molecule has 1 unspecified atom stereocenters. The Balaban J connectivity index is 1.23. The molecule has 1 aliphatic rings. The van der Waals surface area contributed by atoms with Crippen LogP contribution >= 0.6 is 23.1 Å². The SMILES string of the molecule is CCOc1ccc(/C(O)=C2\C(=O)C(=O)N(c3nnc(SCc4cccc5ccccc45)s3)C2c2cccc(OCc3ccccc3)c2)cc1. The van der Waals surface area contributed by atoms with Crippen LogP contribution in [0.3, 0.4) is 0 Å². The number of fused-ring (bicyclic) bond motifs is 1. The number of carbonyl (C=O) groups excluding carboxylic acids is 2. The number of Topliss-reactive ketones (excluding diaryl/α,β-unsaturated/α-hetero) is 1. The van der Waals surface area contributed by atoms with E-state index in [9.17, 15) is 14.7 Å².